The number of carbonyl (C=O) groups is 1. The van der Waals surface area contributed by atoms with Crippen molar-refractivity contribution in [2.24, 2.45) is 0 Å². The van der Waals surface area contributed by atoms with E-state index in [2.05, 4.69) is 29.2 Å². The van der Waals surface area contributed by atoms with Gasteiger partial charge in [-0.2, -0.15) is 0 Å². The summed E-state index contributed by atoms with van der Waals surface area (Å²) in [7, 11) is 0. The monoisotopic (exact) mass is 415 g/mol. The Kier molecular flexibility index (Phi) is 4.65. The SMILES string of the molecule is Cc1cc(-c2cc(C(=O)N3CCCC3c3ccccc3C)c3c(C)noc3n2)c(C)o1. The first-order valence-electron chi connectivity index (χ1n) is 10.6. The zero-order chi connectivity index (χ0) is 21.7. The fraction of sp³-hybridized carbons (Fsp3) is 0.320. The maximum Gasteiger partial charge on any atom is 0.259 e. The Labute approximate surface area is 180 Å². The van der Waals surface area contributed by atoms with Crippen LogP contribution in [0.25, 0.3) is 22.4 Å². The van der Waals surface area contributed by atoms with E-state index in [1.807, 2.05) is 49.9 Å². The minimum absolute atomic E-state index is 0.0106. The number of hydrogen-bond acceptors (Lipinski definition) is 5. The van der Waals surface area contributed by atoms with Crippen molar-refractivity contribution in [2.45, 2.75) is 46.6 Å². The lowest BCUT2D eigenvalue weighted by atomic mass is 9.98. The van der Waals surface area contributed by atoms with Crippen molar-refractivity contribution in [3.63, 3.8) is 0 Å². The molecule has 0 aliphatic carbocycles. The summed E-state index contributed by atoms with van der Waals surface area (Å²) in [5, 5.41) is 4.77. The molecule has 0 spiro atoms. The molecule has 5 rings (SSSR count). The molecule has 1 aliphatic rings. The highest BCUT2D eigenvalue weighted by atomic mass is 16.5. The molecule has 1 atom stereocenters. The maximum atomic E-state index is 13.9. The van der Waals surface area contributed by atoms with Gasteiger partial charge in [0.15, 0.2) is 0 Å². The molecule has 158 valence electrons. The predicted octanol–water partition coefficient (Wildman–Crippen LogP) is 5.69. The normalized spacial score (nSPS) is 16.4. The maximum absolute atomic E-state index is 13.9. The standard InChI is InChI=1S/C25H25N3O3/c1-14-8-5-6-9-18(14)22-10-7-11-28(22)25(29)20-13-21(19-12-15(2)30-17(19)4)26-24-23(20)16(3)27-31-24/h5-6,8-9,12-13,22H,7,10-11H2,1-4H3. The lowest BCUT2D eigenvalue weighted by Crippen LogP contribution is -2.31. The quantitative estimate of drug-likeness (QED) is 0.429. The third-order valence-corrected chi connectivity index (χ3v) is 6.23. The number of aryl methyl sites for hydroxylation is 4. The summed E-state index contributed by atoms with van der Waals surface area (Å²) in [6.45, 7) is 8.48. The number of benzene rings is 1. The summed E-state index contributed by atoms with van der Waals surface area (Å²) in [4.78, 5) is 20.5. The highest BCUT2D eigenvalue weighted by molar-refractivity contribution is 6.07. The van der Waals surface area contributed by atoms with Gasteiger partial charge in [0.05, 0.1) is 28.4 Å². The van der Waals surface area contributed by atoms with Gasteiger partial charge in [-0.15, -0.1) is 0 Å². The van der Waals surface area contributed by atoms with E-state index < -0.39 is 0 Å². The van der Waals surface area contributed by atoms with Gasteiger partial charge in [0.2, 0.25) is 0 Å². The topological polar surface area (TPSA) is 72.4 Å². The van der Waals surface area contributed by atoms with Gasteiger partial charge in [-0.3, -0.25) is 4.79 Å². The molecule has 3 aromatic heterocycles. The molecule has 0 N–H and O–H groups in total. The number of likely N-dealkylation sites (tertiary alicyclic amines) is 1. The first-order chi connectivity index (χ1) is 14.9. The number of carbonyl (C=O) groups excluding carboxylic acids is 1. The van der Waals surface area contributed by atoms with E-state index in [4.69, 9.17) is 8.94 Å². The molecule has 0 bridgehead atoms. The lowest BCUT2D eigenvalue weighted by molar-refractivity contribution is 0.0737. The summed E-state index contributed by atoms with van der Waals surface area (Å²) in [6, 6.07) is 12.2. The van der Waals surface area contributed by atoms with E-state index in [-0.39, 0.29) is 11.9 Å². The van der Waals surface area contributed by atoms with E-state index in [0.29, 0.717) is 28.1 Å². The molecule has 31 heavy (non-hydrogen) atoms. The van der Waals surface area contributed by atoms with E-state index >= 15 is 0 Å². The lowest BCUT2D eigenvalue weighted by Gasteiger charge is -2.26. The van der Waals surface area contributed by atoms with Crippen molar-refractivity contribution in [3.05, 3.63) is 70.3 Å². The molecule has 6 heteroatoms. The Morgan fingerprint density at radius 2 is 1.94 bits per heavy atom. The summed E-state index contributed by atoms with van der Waals surface area (Å²) >= 11 is 0. The highest BCUT2D eigenvalue weighted by Gasteiger charge is 2.33. The Morgan fingerprint density at radius 1 is 1.13 bits per heavy atom. The fourth-order valence-electron chi connectivity index (χ4n) is 4.73. The molecule has 1 aromatic carbocycles. The largest absolute Gasteiger partial charge is 0.466 e. The Balaban J connectivity index is 1.63. The van der Waals surface area contributed by atoms with Crippen LogP contribution in [0, 0.1) is 27.7 Å². The van der Waals surface area contributed by atoms with Gasteiger partial charge >= 0.3 is 0 Å². The first kappa shape index (κ1) is 19.5. The van der Waals surface area contributed by atoms with Crippen LogP contribution in [0.2, 0.25) is 0 Å². The van der Waals surface area contributed by atoms with Crippen LogP contribution in [-0.2, 0) is 0 Å². The molecule has 1 unspecified atom stereocenters. The molecule has 4 heterocycles. The van der Waals surface area contributed by atoms with E-state index in [0.717, 1.165) is 36.5 Å². The number of hydrogen-bond donors (Lipinski definition) is 0. The van der Waals surface area contributed by atoms with E-state index in [9.17, 15) is 4.79 Å². The number of nitrogens with zero attached hydrogens (tertiary/aromatic N) is 3. The fourth-order valence-corrected chi connectivity index (χ4v) is 4.73. The molecule has 0 saturated carbocycles. The van der Waals surface area contributed by atoms with Crippen molar-refractivity contribution in [3.8, 4) is 11.3 Å². The van der Waals surface area contributed by atoms with Crippen LogP contribution in [0.3, 0.4) is 0 Å². The average molecular weight is 415 g/mol. The summed E-state index contributed by atoms with van der Waals surface area (Å²) in [5.41, 5.74) is 5.57. The van der Waals surface area contributed by atoms with Crippen LogP contribution in [0.1, 0.15) is 57.6 Å². The number of fused-ring (bicyclic) bond motifs is 1. The number of furan rings is 1. The van der Waals surface area contributed by atoms with Crippen molar-refractivity contribution in [1.82, 2.24) is 15.0 Å². The second-order valence-corrected chi connectivity index (χ2v) is 8.34. The van der Waals surface area contributed by atoms with Gasteiger partial charge in [-0.25, -0.2) is 4.98 Å². The Morgan fingerprint density at radius 3 is 2.68 bits per heavy atom. The molecular formula is C25H25N3O3. The second-order valence-electron chi connectivity index (χ2n) is 8.34. The highest BCUT2D eigenvalue weighted by Crippen LogP contribution is 2.37. The summed E-state index contributed by atoms with van der Waals surface area (Å²) in [5.74, 6) is 1.55. The smallest absolute Gasteiger partial charge is 0.259 e. The summed E-state index contributed by atoms with van der Waals surface area (Å²) in [6.07, 6.45) is 1.94. The van der Waals surface area contributed by atoms with Crippen LogP contribution in [0.4, 0.5) is 0 Å². The number of amides is 1. The van der Waals surface area contributed by atoms with Gasteiger partial charge in [-0.1, -0.05) is 29.4 Å². The number of aromatic nitrogens is 2. The molecule has 1 saturated heterocycles. The molecule has 1 aliphatic heterocycles. The molecule has 0 radical (unpaired) electrons. The molecular weight excluding hydrogens is 390 g/mol. The minimum Gasteiger partial charge on any atom is -0.466 e. The van der Waals surface area contributed by atoms with Crippen LogP contribution >= 0.6 is 0 Å². The van der Waals surface area contributed by atoms with Gasteiger partial charge in [0, 0.05) is 12.1 Å². The van der Waals surface area contributed by atoms with E-state index in [1.54, 1.807) is 0 Å². The Hall–Kier alpha value is -3.41. The van der Waals surface area contributed by atoms with Crippen LogP contribution in [0.15, 0.2) is 45.3 Å². The molecule has 1 fully saturated rings. The van der Waals surface area contributed by atoms with Gasteiger partial charge < -0.3 is 13.8 Å². The minimum atomic E-state index is -0.0106. The van der Waals surface area contributed by atoms with Crippen molar-refractivity contribution >= 4 is 17.0 Å². The molecule has 4 aromatic rings. The third kappa shape index (κ3) is 3.23. The zero-order valence-corrected chi connectivity index (χ0v) is 18.2. The van der Waals surface area contributed by atoms with Gasteiger partial charge in [0.1, 0.15) is 11.5 Å². The van der Waals surface area contributed by atoms with Gasteiger partial charge in [0.25, 0.3) is 11.6 Å². The first-order valence-corrected chi connectivity index (χ1v) is 10.6. The van der Waals surface area contributed by atoms with Crippen LogP contribution in [0.5, 0.6) is 0 Å². The molecule has 6 nitrogen and oxygen atoms in total. The van der Waals surface area contributed by atoms with Crippen molar-refractivity contribution in [1.29, 1.82) is 0 Å². The van der Waals surface area contributed by atoms with Crippen LogP contribution < -0.4 is 0 Å². The summed E-state index contributed by atoms with van der Waals surface area (Å²) < 4.78 is 11.2. The third-order valence-electron chi connectivity index (χ3n) is 6.23. The van der Waals surface area contributed by atoms with E-state index in [1.165, 1.54) is 11.1 Å². The van der Waals surface area contributed by atoms with Crippen molar-refractivity contribution in [2.75, 3.05) is 6.54 Å². The van der Waals surface area contributed by atoms with Crippen LogP contribution in [-0.4, -0.2) is 27.5 Å². The van der Waals surface area contributed by atoms with Gasteiger partial charge in [-0.05, 0) is 63.8 Å². The number of pyridine rings is 1. The predicted molar refractivity (Wildman–Crippen MR) is 118 cm³/mol. The molecule has 1 amide bonds. The average Bonchev–Trinajstić information content (AvgIpc) is 3.46. The van der Waals surface area contributed by atoms with Crippen molar-refractivity contribution < 1.29 is 13.7 Å². The zero-order valence-electron chi connectivity index (χ0n) is 18.2. The number of rotatable bonds is 3. The Bertz CT molecular complexity index is 1300. The second kappa shape index (κ2) is 7.38.